The first-order chi connectivity index (χ1) is 15.3. The summed E-state index contributed by atoms with van der Waals surface area (Å²) in [5.74, 6) is -0.559. The number of rotatable bonds is 10. The topological polar surface area (TPSA) is 127 Å². The number of nitrogens with zero attached hydrogens (tertiary/aromatic N) is 6. The molecule has 0 atom stereocenters. The Kier molecular flexibility index (Phi) is 7.43. The first-order valence-electron chi connectivity index (χ1n) is 9.88. The summed E-state index contributed by atoms with van der Waals surface area (Å²) in [6, 6.07) is 3.29. The number of oxime groups is 1. The van der Waals surface area contributed by atoms with Crippen molar-refractivity contribution in [2.24, 2.45) is 5.16 Å². The van der Waals surface area contributed by atoms with Gasteiger partial charge in [0.05, 0.1) is 11.6 Å². The van der Waals surface area contributed by atoms with E-state index in [9.17, 15) is 21.2 Å². The quantitative estimate of drug-likeness (QED) is 0.343. The zero-order valence-corrected chi connectivity index (χ0v) is 20.8. The minimum atomic E-state index is -4.31. The first kappa shape index (κ1) is 25.5. The molecule has 0 amide bonds. The van der Waals surface area contributed by atoms with Crippen molar-refractivity contribution in [1.29, 1.82) is 0 Å². The van der Waals surface area contributed by atoms with E-state index in [1.165, 1.54) is 26.2 Å². The van der Waals surface area contributed by atoms with Crippen LogP contribution in [0.5, 0.6) is 0 Å². The van der Waals surface area contributed by atoms with Crippen LogP contribution in [-0.4, -0.2) is 78.1 Å². The molecule has 0 bridgehead atoms. The van der Waals surface area contributed by atoms with E-state index in [2.05, 4.69) is 15.2 Å². The van der Waals surface area contributed by atoms with E-state index in [4.69, 9.17) is 16.4 Å². The molecular formula is C18H24ClFN6O5S2. The number of aromatic nitrogens is 3. The Morgan fingerprint density at radius 1 is 1.30 bits per heavy atom. The van der Waals surface area contributed by atoms with Gasteiger partial charge in [-0.3, -0.25) is 0 Å². The molecule has 33 heavy (non-hydrogen) atoms. The summed E-state index contributed by atoms with van der Waals surface area (Å²) in [6.07, 6.45) is 1.69. The monoisotopic (exact) mass is 522 g/mol. The van der Waals surface area contributed by atoms with Crippen molar-refractivity contribution >= 4 is 37.5 Å². The molecule has 182 valence electrons. The summed E-state index contributed by atoms with van der Waals surface area (Å²) < 4.78 is 67.3. The van der Waals surface area contributed by atoms with E-state index < -0.39 is 31.2 Å². The van der Waals surface area contributed by atoms with Gasteiger partial charge in [0, 0.05) is 25.7 Å². The van der Waals surface area contributed by atoms with Crippen molar-refractivity contribution in [3.05, 3.63) is 40.9 Å². The number of benzene rings is 1. The number of hydrogen-bond acceptors (Lipinski definition) is 8. The molecule has 1 aromatic carbocycles. The molecule has 3 rings (SSSR count). The van der Waals surface area contributed by atoms with Crippen LogP contribution in [0.2, 0.25) is 5.02 Å². The second-order valence-corrected chi connectivity index (χ2v) is 12.0. The fraction of sp³-hybridized carbons (Fsp3) is 0.500. The molecule has 0 spiro atoms. The third kappa shape index (κ3) is 5.69. The molecule has 0 aliphatic heterocycles. The van der Waals surface area contributed by atoms with Gasteiger partial charge in [0.15, 0.2) is 0 Å². The molecule has 1 aliphatic carbocycles. The molecule has 0 radical (unpaired) electrons. The van der Waals surface area contributed by atoms with Gasteiger partial charge in [0.1, 0.15) is 24.0 Å². The second kappa shape index (κ2) is 9.62. The summed E-state index contributed by atoms with van der Waals surface area (Å²) in [5, 5.41) is 7.12. The Bertz CT molecular complexity index is 1260. The highest BCUT2D eigenvalue weighted by atomic mass is 35.5. The van der Waals surface area contributed by atoms with Crippen LogP contribution in [0.3, 0.4) is 0 Å². The lowest BCUT2D eigenvalue weighted by Crippen LogP contribution is -2.39. The van der Waals surface area contributed by atoms with Gasteiger partial charge in [-0.2, -0.15) is 17.0 Å². The fourth-order valence-corrected chi connectivity index (χ4v) is 5.20. The molecule has 0 N–H and O–H groups in total. The van der Waals surface area contributed by atoms with E-state index in [1.807, 2.05) is 0 Å². The summed E-state index contributed by atoms with van der Waals surface area (Å²) in [5.41, 5.74) is 0.456. The predicted molar refractivity (Wildman–Crippen MR) is 119 cm³/mol. The zero-order chi connectivity index (χ0) is 24.6. The van der Waals surface area contributed by atoms with Crippen molar-refractivity contribution in [1.82, 2.24) is 22.8 Å². The Balaban J connectivity index is 2.00. The van der Waals surface area contributed by atoms with Crippen LogP contribution >= 0.6 is 11.6 Å². The van der Waals surface area contributed by atoms with E-state index in [0.717, 1.165) is 21.0 Å². The zero-order valence-electron chi connectivity index (χ0n) is 18.4. The lowest BCUT2D eigenvalue weighted by Gasteiger charge is -2.21. The molecule has 2 aromatic rings. The Hall–Kier alpha value is -2.13. The van der Waals surface area contributed by atoms with Crippen LogP contribution in [-0.2, 0) is 25.1 Å². The predicted octanol–water partition coefficient (Wildman–Crippen LogP) is 1.71. The van der Waals surface area contributed by atoms with Crippen LogP contribution in [0.4, 0.5) is 4.39 Å². The largest absolute Gasteiger partial charge is 0.393 e. The van der Waals surface area contributed by atoms with Gasteiger partial charge in [0.25, 0.3) is 15.2 Å². The smallest absolute Gasteiger partial charge is 0.323 e. The molecule has 1 saturated carbocycles. The third-order valence-electron chi connectivity index (χ3n) is 4.56. The van der Waals surface area contributed by atoms with Gasteiger partial charge >= 0.3 is 10.2 Å². The van der Waals surface area contributed by atoms with Crippen LogP contribution in [0, 0.1) is 5.82 Å². The van der Waals surface area contributed by atoms with Gasteiger partial charge in [-0.1, -0.05) is 16.8 Å². The van der Waals surface area contributed by atoms with E-state index in [0.29, 0.717) is 22.5 Å². The molecule has 1 aromatic heterocycles. The molecule has 1 heterocycles. The molecule has 0 unspecified atom stereocenters. The van der Waals surface area contributed by atoms with E-state index in [1.54, 1.807) is 13.8 Å². The lowest BCUT2D eigenvalue weighted by atomic mass is 10.1. The van der Waals surface area contributed by atoms with Crippen molar-refractivity contribution in [3.63, 3.8) is 0 Å². The van der Waals surface area contributed by atoms with Crippen LogP contribution in [0.15, 0.2) is 34.8 Å². The van der Waals surface area contributed by atoms with E-state index >= 15 is 0 Å². The van der Waals surface area contributed by atoms with Crippen molar-refractivity contribution in [2.45, 2.75) is 44.0 Å². The molecular weight excluding hydrogens is 499 g/mol. The number of halogens is 2. The number of hydrogen-bond donors (Lipinski definition) is 0. The summed E-state index contributed by atoms with van der Waals surface area (Å²) in [4.78, 5) is 9.05. The van der Waals surface area contributed by atoms with Crippen LogP contribution < -0.4 is 0 Å². The highest BCUT2D eigenvalue weighted by molar-refractivity contribution is 7.89. The fourth-order valence-electron chi connectivity index (χ4n) is 2.71. The molecule has 0 saturated heterocycles. The Morgan fingerprint density at radius 2 is 1.97 bits per heavy atom. The average Bonchev–Trinajstić information content (AvgIpc) is 3.41. The van der Waals surface area contributed by atoms with Crippen LogP contribution in [0.25, 0.3) is 0 Å². The molecule has 1 aliphatic rings. The summed E-state index contributed by atoms with van der Waals surface area (Å²) in [6.45, 7) is 3.22. The summed E-state index contributed by atoms with van der Waals surface area (Å²) in [7, 11) is -5.79. The maximum atomic E-state index is 13.6. The highest BCUT2D eigenvalue weighted by Crippen LogP contribution is 2.32. The molecule has 1 fully saturated rings. The Labute approximate surface area is 197 Å². The van der Waals surface area contributed by atoms with Gasteiger partial charge in [-0.25, -0.2) is 17.8 Å². The molecule has 15 heteroatoms. The minimum absolute atomic E-state index is 0.0359. The maximum Gasteiger partial charge on any atom is 0.323 e. The SMILES string of the molecule is CC(C)O/N=C(\CN(C1CC1)S(=O)(=O)c1ncn(S(=O)(=O)N(C)C)n1)c1ccc(F)cc1Cl. The van der Waals surface area contributed by atoms with Crippen molar-refractivity contribution in [3.8, 4) is 0 Å². The number of sulfonamides is 1. The average molecular weight is 523 g/mol. The Morgan fingerprint density at radius 3 is 2.52 bits per heavy atom. The maximum absolute atomic E-state index is 13.6. The third-order valence-corrected chi connectivity index (χ3v) is 8.14. The van der Waals surface area contributed by atoms with Gasteiger partial charge in [-0.15, -0.1) is 9.19 Å². The molecule has 11 nitrogen and oxygen atoms in total. The van der Waals surface area contributed by atoms with Gasteiger partial charge < -0.3 is 4.84 Å². The lowest BCUT2D eigenvalue weighted by molar-refractivity contribution is 0.0854. The van der Waals surface area contributed by atoms with Gasteiger partial charge in [0.2, 0.25) is 0 Å². The second-order valence-electron chi connectivity index (χ2n) is 7.79. The first-order valence-corrected chi connectivity index (χ1v) is 13.1. The standard InChI is InChI=1S/C18H24ClFN6O5S2/c1-12(2)31-23-17(15-8-5-13(20)9-16(15)19)10-25(14-6-7-14)32(27,28)18-21-11-26(22-18)33(29,30)24(3)4/h5,8-9,11-12,14H,6-7,10H2,1-4H3/b23-17+. The van der Waals surface area contributed by atoms with Crippen LogP contribution in [0.1, 0.15) is 32.3 Å². The minimum Gasteiger partial charge on any atom is -0.393 e. The van der Waals surface area contributed by atoms with E-state index in [-0.39, 0.29) is 29.4 Å². The van der Waals surface area contributed by atoms with Crippen molar-refractivity contribution < 1.29 is 26.1 Å². The summed E-state index contributed by atoms with van der Waals surface area (Å²) >= 11 is 6.19. The normalized spacial score (nSPS) is 15.6. The van der Waals surface area contributed by atoms with Crippen molar-refractivity contribution in [2.75, 3.05) is 20.6 Å². The van der Waals surface area contributed by atoms with Gasteiger partial charge in [-0.05, 0) is 44.9 Å². The highest BCUT2D eigenvalue weighted by Gasteiger charge is 2.41.